The number of carbonyl (C=O) groups is 1. The molecule has 1 saturated heterocycles. The van der Waals surface area contributed by atoms with Crippen LogP contribution in [0, 0.1) is 18.3 Å². The molecule has 4 nitrogen and oxygen atoms in total. The Bertz CT molecular complexity index is 996. The van der Waals surface area contributed by atoms with Crippen molar-refractivity contribution >= 4 is 29.3 Å². The lowest BCUT2D eigenvalue weighted by Crippen LogP contribution is -2.48. The predicted molar refractivity (Wildman–Crippen MR) is 106 cm³/mol. The van der Waals surface area contributed by atoms with Crippen molar-refractivity contribution in [3.8, 4) is 6.07 Å². The highest BCUT2D eigenvalue weighted by Gasteiger charge is 2.51. The molecule has 1 N–H and O–H groups in total. The van der Waals surface area contributed by atoms with Crippen LogP contribution in [-0.2, 0) is 10.5 Å². The van der Waals surface area contributed by atoms with E-state index >= 15 is 0 Å². The van der Waals surface area contributed by atoms with Gasteiger partial charge in [-0.2, -0.15) is 5.26 Å². The van der Waals surface area contributed by atoms with Crippen LogP contribution in [0.5, 0.6) is 0 Å². The van der Waals surface area contributed by atoms with Gasteiger partial charge in [-0.3, -0.25) is 9.69 Å². The molecule has 2 atom stereocenters. The van der Waals surface area contributed by atoms with Gasteiger partial charge in [-0.1, -0.05) is 53.6 Å². The molecule has 0 saturated carbocycles. The number of carbonyl (C=O) groups excluding carboxylic acids is 1. The summed E-state index contributed by atoms with van der Waals surface area (Å²) in [5.41, 5.74) is 1.64. The maximum absolute atomic E-state index is 13.0. The third-order valence-corrected chi connectivity index (χ3v) is 6.53. The van der Waals surface area contributed by atoms with Crippen LogP contribution < -0.4 is 0 Å². The molecule has 2 aromatic rings. The van der Waals surface area contributed by atoms with E-state index in [-0.39, 0.29) is 18.2 Å². The maximum Gasteiger partial charge on any atom is 0.231 e. The van der Waals surface area contributed by atoms with Crippen LogP contribution in [0.3, 0.4) is 0 Å². The first-order chi connectivity index (χ1) is 12.9. The average molecular weight is 397 g/mol. The number of nitriles is 1. The Balaban J connectivity index is 1.81. The van der Waals surface area contributed by atoms with Gasteiger partial charge in [0.15, 0.2) is 5.72 Å². The van der Waals surface area contributed by atoms with Crippen LogP contribution in [0.25, 0.3) is 0 Å². The summed E-state index contributed by atoms with van der Waals surface area (Å²) in [6.45, 7) is 1.97. The van der Waals surface area contributed by atoms with E-state index in [0.29, 0.717) is 26.9 Å². The summed E-state index contributed by atoms with van der Waals surface area (Å²) >= 11 is 7.45. The molecule has 4 rings (SSSR count). The van der Waals surface area contributed by atoms with E-state index in [1.54, 1.807) is 12.1 Å². The quantitative estimate of drug-likeness (QED) is 0.822. The zero-order chi connectivity index (χ0) is 19.2. The van der Waals surface area contributed by atoms with Gasteiger partial charge in [-0.25, -0.2) is 0 Å². The van der Waals surface area contributed by atoms with Gasteiger partial charge < -0.3 is 5.11 Å². The fourth-order valence-corrected chi connectivity index (χ4v) is 5.23. The zero-order valence-corrected chi connectivity index (χ0v) is 16.2. The summed E-state index contributed by atoms with van der Waals surface area (Å²) < 4.78 is 0. The maximum atomic E-state index is 13.0. The van der Waals surface area contributed by atoms with E-state index < -0.39 is 5.72 Å². The van der Waals surface area contributed by atoms with Crippen LogP contribution in [-0.4, -0.2) is 21.7 Å². The van der Waals surface area contributed by atoms with E-state index in [1.165, 1.54) is 16.7 Å². The fourth-order valence-electron chi connectivity index (χ4n) is 3.67. The average Bonchev–Trinajstić information content (AvgIpc) is 3.01. The second kappa shape index (κ2) is 6.72. The van der Waals surface area contributed by atoms with Gasteiger partial charge in [0.2, 0.25) is 5.91 Å². The molecular weight excluding hydrogens is 380 g/mol. The predicted octanol–water partition coefficient (Wildman–Crippen LogP) is 4.29. The Morgan fingerprint density at radius 3 is 2.70 bits per heavy atom. The van der Waals surface area contributed by atoms with Gasteiger partial charge >= 0.3 is 0 Å². The minimum Gasteiger partial charge on any atom is -0.366 e. The molecule has 0 aliphatic carbocycles. The van der Waals surface area contributed by atoms with E-state index in [1.807, 2.05) is 43.3 Å². The van der Waals surface area contributed by atoms with Crippen molar-refractivity contribution in [1.82, 2.24) is 4.90 Å². The van der Waals surface area contributed by atoms with Crippen LogP contribution in [0.2, 0.25) is 5.02 Å². The van der Waals surface area contributed by atoms with E-state index in [0.717, 1.165) is 11.1 Å². The number of halogens is 1. The van der Waals surface area contributed by atoms with E-state index in [2.05, 4.69) is 6.07 Å². The van der Waals surface area contributed by atoms with Gasteiger partial charge in [0.25, 0.3) is 0 Å². The number of hydrogen-bond acceptors (Lipinski definition) is 4. The second-order valence-corrected chi connectivity index (χ2v) is 8.24. The molecule has 0 radical (unpaired) electrons. The van der Waals surface area contributed by atoms with Gasteiger partial charge in [-0.15, -0.1) is 11.8 Å². The largest absolute Gasteiger partial charge is 0.366 e. The Kier molecular flexibility index (Phi) is 4.51. The molecule has 27 heavy (non-hydrogen) atoms. The molecule has 0 spiro atoms. The van der Waals surface area contributed by atoms with Crippen LogP contribution in [0.15, 0.2) is 59.1 Å². The Morgan fingerprint density at radius 1 is 1.30 bits per heavy atom. The molecule has 0 aromatic heterocycles. The van der Waals surface area contributed by atoms with Crippen molar-refractivity contribution in [2.24, 2.45) is 0 Å². The van der Waals surface area contributed by atoms with Crippen LogP contribution in [0.4, 0.5) is 0 Å². The molecule has 1 amide bonds. The third kappa shape index (κ3) is 2.94. The number of rotatable bonds is 2. The Hall–Kier alpha value is -2.26. The number of hydrogen-bond donors (Lipinski definition) is 1. The molecule has 6 heteroatoms. The Labute approximate surface area is 167 Å². The third-order valence-electron chi connectivity index (χ3n) is 5.08. The Morgan fingerprint density at radius 2 is 2.04 bits per heavy atom. The molecule has 2 aromatic carbocycles. The first-order valence-corrected chi connectivity index (χ1v) is 9.95. The number of nitrogens with zero attached hydrogens (tertiary/aromatic N) is 2. The fraction of sp³-hybridized carbons (Fsp3) is 0.238. The number of allylic oxidation sites excluding steroid dienone is 1. The highest BCUT2D eigenvalue weighted by molar-refractivity contribution is 8.03. The molecule has 136 valence electrons. The highest BCUT2D eigenvalue weighted by Crippen LogP contribution is 2.51. The number of fused-ring (bicyclic) bond motifs is 1. The van der Waals surface area contributed by atoms with Gasteiger partial charge in [0.05, 0.1) is 22.4 Å². The lowest BCUT2D eigenvalue weighted by Gasteiger charge is -2.38. The van der Waals surface area contributed by atoms with E-state index in [4.69, 9.17) is 11.6 Å². The van der Waals surface area contributed by atoms with Crippen molar-refractivity contribution in [2.45, 2.75) is 25.0 Å². The normalized spacial score (nSPS) is 24.7. The van der Waals surface area contributed by atoms with E-state index in [9.17, 15) is 15.2 Å². The standard InChI is InChI=1S/C21H17ClN2O2S/c1-13-5-7-15(8-6-13)21(26)12-27-20-18(11-23)17(10-19(25)24(20)21)14-3-2-4-16(22)9-14/h2-9,17,26H,10,12H2,1H3/t17-,21+/m0/s1. The summed E-state index contributed by atoms with van der Waals surface area (Å²) in [5.74, 6) is -0.243. The minimum atomic E-state index is -1.44. The van der Waals surface area contributed by atoms with Crippen LogP contribution >= 0.6 is 23.4 Å². The number of amides is 1. The summed E-state index contributed by atoms with van der Waals surface area (Å²) in [7, 11) is 0. The smallest absolute Gasteiger partial charge is 0.231 e. The van der Waals surface area contributed by atoms with Crippen molar-refractivity contribution in [3.05, 3.63) is 80.8 Å². The van der Waals surface area contributed by atoms with Gasteiger partial charge in [0.1, 0.15) is 0 Å². The summed E-state index contributed by atoms with van der Waals surface area (Å²) in [5, 5.41) is 22.3. The lowest BCUT2D eigenvalue weighted by atomic mass is 9.85. The summed E-state index contributed by atoms with van der Waals surface area (Å²) in [4.78, 5) is 14.4. The second-order valence-electron chi connectivity index (χ2n) is 6.84. The first-order valence-electron chi connectivity index (χ1n) is 8.59. The SMILES string of the molecule is Cc1ccc([C@]2(O)CSC3=C(C#N)[C@H](c4cccc(Cl)c4)CC(=O)N32)cc1. The molecule has 2 heterocycles. The number of aryl methyl sites for hydroxylation is 1. The van der Waals surface area contributed by atoms with Crippen molar-refractivity contribution in [2.75, 3.05) is 5.75 Å². The molecular formula is C21H17ClN2O2S. The first kappa shape index (κ1) is 18.1. The number of aliphatic hydroxyl groups is 1. The topological polar surface area (TPSA) is 64.3 Å². The molecule has 2 aliphatic heterocycles. The molecule has 0 bridgehead atoms. The summed E-state index contributed by atoms with van der Waals surface area (Å²) in [6.07, 6.45) is 0.126. The summed E-state index contributed by atoms with van der Waals surface area (Å²) in [6, 6.07) is 17.0. The van der Waals surface area contributed by atoms with Crippen molar-refractivity contribution in [1.29, 1.82) is 5.26 Å². The van der Waals surface area contributed by atoms with Crippen molar-refractivity contribution < 1.29 is 9.90 Å². The molecule has 1 fully saturated rings. The molecule has 2 aliphatic rings. The van der Waals surface area contributed by atoms with Crippen LogP contribution in [0.1, 0.15) is 29.0 Å². The van der Waals surface area contributed by atoms with Gasteiger partial charge in [0, 0.05) is 22.9 Å². The number of benzene rings is 2. The minimum absolute atomic E-state index is 0.126. The molecule has 0 unspecified atom stereocenters. The monoisotopic (exact) mass is 396 g/mol. The highest BCUT2D eigenvalue weighted by atomic mass is 35.5. The van der Waals surface area contributed by atoms with Crippen molar-refractivity contribution in [3.63, 3.8) is 0 Å². The lowest BCUT2D eigenvalue weighted by molar-refractivity contribution is -0.149. The number of thioether (sulfide) groups is 1. The van der Waals surface area contributed by atoms with Gasteiger partial charge in [-0.05, 0) is 24.6 Å². The zero-order valence-electron chi connectivity index (χ0n) is 14.6.